The zero-order chi connectivity index (χ0) is 14.0. The van der Waals surface area contributed by atoms with Crippen molar-refractivity contribution < 1.29 is 18.1 Å². The van der Waals surface area contributed by atoms with Crippen molar-refractivity contribution in [2.45, 2.75) is 31.5 Å². The number of piperidine rings is 1. The fourth-order valence-electron chi connectivity index (χ4n) is 2.35. The van der Waals surface area contributed by atoms with Crippen LogP contribution in [0.1, 0.15) is 19.3 Å². The highest BCUT2D eigenvalue weighted by Gasteiger charge is 2.44. The number of anilines is 1. The van der Waals surface area contributed by atoms with E-state index in [1.807, 2.05) is 0 Å². The Morgan fingerprint density at radius 3 is 2.37 bits per heavy atom. The minimum Gasteiger partial charge on any atom is -0.360 e. The van der Waals surface area contributed by atoms with Crippen LogP contribution < -0.4 is 4.90 Å². The van der Waals surface area contributed by atoms with Gasteiger partial charge in [0.1, 0.15) is 6.04 Å². The zero-order valence-corrected chi connectivity index (χ0v) is 10.1. The standard InChI is InChI=1S/C12H13F3N2O2/c13-12(14,15)11-3-1-2-8-16(11)9-4-6-10(7-5-9)17(18)19/h4-7,11H,1-3,8H2. The molecule has 4 nitrogen and oxygen atoms in total. The predicted octanol–water partition coefficient (Wildman–Crippen LogP) is 3.52. The van der Waals surface area contributed by atoms with Gasteiger partial charge in [-0.15, -0.1) is 0 Å². The Kier molecular flexibility index (Phi) is 3.64. The third-order valence-electron chi connectivity index (χ3n) is 3.27. The van der Waals surface area contributed by atoms with Crippen molar-refractivity contribution in [1.82, 2.24) is 0 Å². The number of benzene rings is 1. The van der Waals surface area contributed by atoms with Gasteiger partial charge in [-0.05, 0) is 31.4 Å². The summed E-state index contributed by atoms with van der Waals surface area (Å²) in [7, 11) is 0. The zero-order valence-electron chi connectivity index (χ0n) is 10.1. The van der Waals surface area contributed by atoms with Gasteiger partial charge < -0.3 is 4.90 Å². The van der Waals surface area contributed by atoms with Gasteiger partial charge in [-0.25, -0.2) is 0 Å². The first-order valence-electron chi connectivity index (χ1n) is 5.97. The summed E-state index contributed by atoms with van der Waals surface area (Å²) in [5, 5.41) is 10.5. The summed E-state index contributed by atoms with van der Waals surface area (Å²) < 4.78 is 38.8. The van der Waals surface area contributed by atoms with Crippen molar-refractivity contribution in [3.8, 4) is 0 Å². The number of hydrogen-bond acceptors (Lipinski definition) is 3. The van der Waals surface area contributed by atoms with E-state index in [1.165, 1.54) is 29.2 Å². The Labute approximate surface area is 108 Å². The van der Waals surface area contributed by atoms with E-state index in [9.17, 15) is 23.3 Å². The van der Waals surface area contributed by atoms with E-state index in [2.05, 4.69) is 0 Å². The number of nitro benzene ring substituents is 1. The Balaban J connectivity index is 2.25. The topological polar surface area (TPSA) is 46.4 Å². The molecule has 0 aromatic heterocycles. The lowest BCUT2D eigenvalue weighted by molar-refractivity contribution is -0.384. The van der Waals surface area contributed by atoms with E-state index < -0.39 is 17.1 Å². The molecule has 0 bridgehead atoms. The molecule has 1 heterocycles. The fraction of sp³-hybridized carbons (Fsp3) is 0.500. The predicted molar refractivity (Wildman–Crippen MR) is 64.1 cm³/mol. The summed E-state index contributed by atoms with van der Waals surface area (Å²) in [5.41, 5.74) is 0.261. The second kappa shape index (κ2) is 5.07. The maximum atomic E-state index is 12.9. The van der Waals surface area contributed by atoms with Crippen LogP contribution in [0.15, 0.2) is 24.3 Å². The molecule has 0 N–H and O–H groups in total. The summed E-state index contributed by atoms with van der Waals surface area (Å²) in [5.74, 6) is 0. The average molecular weight is 274 g/mol. The third-order valence-corrected chi connectivity index (χ3v) is 3.27. The van der Waals surface area contributed by atoms with E-state index in [0.717, 1.165) is 0 Å². The smallest absolute Gasteiger partial charge is 0.360 e. The molecule has 1 saturated heterocycles. The normalized spacial score (nSPS) is 20.4. The lowest BCUT2D eigenvalue weighted by Crippen LogP contribution is -2.48. The second-order valence-corrected chi connectivity index (χ2v) is 4.52. The Morgan fingerprint density at radius 1 is 1.21 bits per heavy atom. The second-order valence-electron chi connectivity index (χ2n) is 4.52. The monoisotopic (exact) mass is 274 g/mol. The SMILES string of the molecule is O=[N+]([O-])c1ccc(N2CCCCC2C(F)(F)F)cc1. The number of alkyl halides is 3. The maximum absolute atomic E-state index is 12.9. The lowest BCUT2D eigenvalue weighted by atomic mass is 10.0. The molecule has 1 aliphatic heterocycles. The fourth-order valence-corrected chi connectivity index (χ4v) is 2.35. The first-order chi connectivity index (χ1) is 8.89. The molecule has 1 fully saturated rings. The number of hydrogen-bond donors (Lipinski definition) is 0. The molecule has 0 aliphatic carbocycles. The van der Waals surface area contributed by atoms with Gasteiger partial charge in [-0.2, -0.15) is 13.2 Å². The van der Waals surface area contributed by atoms with Gasteiger partial charge in [-0.1, -0.05) is 0 Å². The molecule has 1 aliphatic rings. The van der Waals surface area contributed by atoms with Gasteiger partial charge in [0.2, 0.25) is 0 Å². The lowest BCUT2D eigenvalue weighted by Gasteiger charge is -2.38. The van der Waals surface area contributed by atoms with Crippen LogP contribution >= 0.6 is 0 Å². The van der Waals surface area contributed by atoms with E-state index in [-0.39, 0.29) is 12.1 Å². The number of nitrogens with zero attached hydrogens (tertiary/aromatic N) is 2. The van der Waals surface area contributed by atoms with Crippen LogP contribution in [-0.4, -0.2) is 23.7 Å². The van der Waals surface area contributed by atoms with Crippen molar-refractivity contribution in [2.75, 3.05) is 11.4 Å². The van der Waals surface area contributed by atoms with Gasteiger partial charge in [0.25, 0.3) is 5.69 Å². The van der Waals surface area contributed by atoms with Gasteiger partial charge >= 0.3 is 6.18 Å². The minimum absolute atomic E-state index is 0.0699. The summed E-state index contributed by atoms with van der Waals surface area (Å²) in [6.45, 7) is 0.321. The molecule has 0 spiro atoms. The van der Waals surface area contributed by atoms with Gasteiger partial charge in [0.05, 0.1) is 4.92 Å². The Hall–Kier alpha value is -1.79. The summed E-state index contributed by atoms with van der Waals surface area (Å²) in [6.07, 6.45) is -2.96. The summed E-state index contributed by atoms with van der Waals surface area (Å²) >= 11 is 0. The molecule has 7 heteroatoms. The molecular formula is C12H13F3N2O2. The molecule has 0 saturated carbocycles. The summed E-state index contributed by atoms with van der Waals surface area (Å²) in [6, 6.07) is 3.72. The first kappa shape index (κ1) is 13.6. The highest BCUT2D eigenvalue weighted by molar-refractivity contribution is 5.52. The van der Waals surface area contributed by atoms with Crippen molar-refractivity contribution in [1.29, 1.82) is 0 Å². The third kappa shape index (κ3) is 2.97. The molecule has 1 aromatic carbocycles. The van der Waals surface area contributed by atoms with Crippen LogP contribution in [0.2, 0.25) is 0 Å². The number of non-ortho nitro benzene ring substituents is 1. The Bertz CT molecular complexity index is 459. The molecule has 1 atom stereocenters. The van der Waals surface area contributed by atoms with Gasteiger partial charge in [0, 0.05) is 24.4 Å². The van der Waals surface area contributed by atoms with Gasteiger partial charge in [0.15, 0.2) is 0 Å². The van der Waals surface area contributed by atoms with Crippen LogP contribution in [0.3, 0.4) is 0 Å². The summed E-state index contributed by atoms with van der Waals surface area (Å²) in [4.78, 5) is 11.2. The molecular weight excluding hydrogens is 261 g/mol. The number of nitro groups is 1. The molecule has 104 valence electrons. The van der Waals surface area contributed by atoms with E-state index in [4.69, 9.17) is 0 Å². The molecule has 1 aromatic rings. The van der Waals surface area contributed by atoms with E-state index >= 15 is 0 Å². The highest BCUT2D eigenvalue weighted by atomic mass is 19.4. The number of rotatable bonds is 2. The molecule has 2 rings (SSSR count). The molecule has 1 unspecified atom stereocenters. The average Bonchev–Trinajstić information content (AvgIpc) is 2.38. The minimum atomic E-state index is -4.28. The van der Waals surface area contributed by atoms with Crippen LogP contribution in [0.4, 0.5) is 24.5 Å². The molecule has 19 heavy (non-hydrogen) atoms. The van der Waals surface area contributed by atoms with Crippen LogP contribution in [-0.2, 0) is 0 Å². The maximum Gasteiger partial charge on any atom is 0.408 e. The van der Waals surface area contributed by atoms with E-state index in [0.29, 0.717) is 25.1 Å². The van der Waals surface area contributed by atoms with Crippen molar-refractivity contribution in [2.24, 2.45) is 0 Å². The van der Waals surface area contributed by atoms with Crippen molar-refractivity contribution in [3.05, 3.63) is 34.4 Å². The quantitative estimate of drug-likeness (QED) is 0.612. The first-order valence-corrected chi connectivity index (χ1v) is 5.97. The number of halogens is 3. The van der Waals surface area contributed by atoms with Crippen LogP contribution in [0.5, 0.6) is 0 Å². The van der Waals surface area contributed by atoms with Crippen molar-refractivity contribution >= 4 is 11.4 Å². The van der Waals surface area contributed by atoms with Crippen LogP contribution in [0.25, 0.3) is 0 Å². The van der Waals surface area contributed by atoms with Crippen molar-refractivity contribution in [3.63, 3.8) is 0 Å². The Morgan fingerprint density at radius 2 is 1.84 bits per heavy atom. The highest BCUT2D eigenvalue weighted by Crippen LogP contribution is 2.35. The largest absolute Gasteiger partial charge is 0.408 e. The van der Waals surface area contributed by atoms with E-state index in [1.54, 1.807) is 0 Å². The van der Waals surface area contributed by atoms with Crippen LogP contribution in [0, 0.1) is 10.1 Å². The van der Waals surface area contributed by atoms with Gasteiger partial charge in [-0.3, -0.25) is 10.1 Å². The molecule has 0 amide bonds. The molecule has 0 radical (unpaired) electrons.